The third kappa shape index (κ3) is 4.37. The van der Waals surface area contributed by atoms with Gasteiger partial charge in [0.1, 0.15) is 0 Å². The Balaban J connectivity index is 0.00000220. The highest BCUT2D eigenvalue weighted by Crippen LogP contribution is 2.25. The first-order chi connectivity index (χ1) is 9.67. The molecule has 1 heterocycles. The number of amidine groups is 1. The predicted octanol–water partition coefficient (Wildman–Crippen LogP) is 2.87. The number of ether oxygens (including phenoxy) is 1. The lowest BCUT2D eigenvalue weighted by Gasteiger charge is -2.16. The molecule has 2 rings (SSSR count). The molecule has 2 aromatic rings. The first kappa shape index (κ1) is 20.2. The molecular weight excluding hydrogens is 325 g/mol. The van der Waals surface area contributed by atoms with Crippen LogP contribution in [0.5, 0.6) is 0 Å². The zero-order chi connectivity index (χ0) is 14.5. The van der Waals surface area contributed by atoms with Gasteiger partial charge in [0, 0.05) is 24.6 Å². The fourth-order valence-corrected chi connectivity index (χ4v) is 2.06. The standard InChI is InChI=1S/C14H19N5O.2ClH/c1-3-20-14(16)18-12-5-6-13(11(9-15)10(12)2)19-8-4-7-17-19;;/h4-8H,3,9,15H2,1-2H3,(H2,16,18);2*1H. The summed E-state index contributed by atoms with van der Waals surface area (Å²) in [5.74, 6) is 0. The first-order valence-electron chi connectivity index (χ1n) is 6.48. The summed E-state index contributed by atoms with van der Waals surface area (Å²) < 4.78 is 6.88. The minimum absolute atomic E-state index is 0. The minimum atomic E-state index is 0. The number of nitrogens with two attached hydrogens (primary N) is 1. The van der Waals surface area contributed by atoms with E-state index in [1.165, 1.54) is 0 Å². The van der Waals surface area contributed by atoms with Gasteiger partial charge in [-0.15, -0.1) is 24.8 Å². The van der Waals surface area contributed by atoms with Crippen LogP contribution in [-0.4, -0.2) is 22.4 Å². The zero-order valence-corrected chi connectivity index (χ0v) is 14.1. The van der Waals surface area contributed by atoms with E-state index in [-0.39, 0.29) is 30.8 Å². The molecule has 0 unspecified atom stereocenters. The van der Waals surface area contributed by atoms with E-state index in [9.17, 15) is 0 Å². The molecule has 1 aromatic carbocycles. The fraction of sp³-hybridized carbons (Fsp3) is 0.286. The lowest BCUT2D eigenvalue weighted by Crippen LogP contribution is -2.17. The van der Waals surface area contributed by atoms with E-state index in [4.69, 9.17) is 15.9 Å². The molecule has 0 aliphatic carbocycles. The van der Waals surface area contributed by atoms with Crippen LogP contribution in [0, 0.1) is 12.3 Å². The largest absolute Gasteiger partial charge is 0.466 e. The van der Waals surface area contributed by atoms with Gasteiger partial charge in [0.05, 0.1) is 12.3 Å². The van der Waals surface area contributed by atoms with E-state index in [0.717, 1.165) is 22.5 Å². The molecule has 0 spiro atoms. The number of aromatic nitrogens is 2. The van der Waals surface area contributed by atoms with Gasteiger partial charge in [-0.25, -0.2) is 4.68 Å². The number of hydrogen-bond acceptors (Lipinski definition) is 4. The molecule has 1 aromatic heterocycles. The third-order valence-corrected chi connectivity index (χ3v) is 3.07. The number of hydrogen-bond donors (Lipinski definition) is 3. The Labute approximate surface area is 142 Å². The molecular formula is C14H21Cl2N5O. The fourth-order valence-electron chi connectivity index (χ4n) is 2.06. The SMILES string of the molecule is CCOC(=N)Nc1ccc(-n2cccn2)c(CN)c1C.Cl.Cl. The summed E-state index contributed by atoms with van der Waals surface area (Å²) in [6.45, 7) is 4.67. The van der Waals surface area contributed by atoms with Gasteiger partial charge in [-0.05, 0) is 43.2 Å². The molecule has 8 heteroatoms. The van der Waals surface area contributed by atoms with Crippen LogP contribution in [0.1, 0.15) is 18.1 Å². The van der Waals surface area contributed by atoms with Crippen molar-refractivity contribution in [2.45, 2.75) is 20.4 Å². The molecule has 0 atom stereocenters. The maximum atomic E-state index is 7.66. The summed E-state index contributed by atoms with van der Waals surface area (Å²) in [4.78, 5) is 0. The van der Waals surface area contributed by atoms with Crippen LogP contribution in [0.25, 0.3) is 5.69 Å². The van der Waals surface area contributed by atoms with Crippen molar-refractivity contribution in [2.24, 2.45) is 5.73 Å². The van der Waals surface area contributed by atoms with Gasteiger partial charge in [0.15, 0.2) is 0 Å². The second kappa shape index (κ2) is 9.30. The number of rotatable bonds is 4. The Kier molecular flexibility index (Phi) is 8.55. The summed E-state index contributed by atoms with van der Waals surface area (Å²) in [5, 5.41) is 14.8. The molecule has 0 saturated heterocycles. The van der Waals surface area contributed by atoms with E-state index in [2.05, 4.69) is 10.4 Å². The van der Waals surface area contributed by atoms with Crippen molar-refractivity contribution in [3.63, 3.8) is 0 Å². The Hall–Kier alpha value is -1.76. The molecule has 0 radical (unpaired) electrons. The summed E-state index contributed by atoms with van der Waals surface area (Å²) >= 11 is 0. The monoisotopic (exact) mass is 345 g/mol. The molecule has 0 saturated carbocycles. The van der Waals surface area contributed by atoms with E-state index >= 15 is 0 Å². The van der Waals surface area contributed by atoms with Gasteiger partial charge in [-0.2, -0.15) is 5.10 Å². The maximum absolute atomic E-state index is 7.66. The highest BCUT2D eigenvalue weighted by molar-refractivity contribution is 5.88. The number of halogens is 2. The number of anilines is 1. The zero-order valence-electron chi connectivity index (χ0n) is 12.5. The Bertz CT molecular complexity index is 602. The van der Waals surface area contributed by atoms with Gasteiger partial charge in [0.25, 0.3) is 6.02 Å². The van der Waals surface area contributed by atoms with Gasteiger partial charge >= 0.3 is 0 Å². The topological polar surface area (TPSA) is 89.0 Å². The van der Waals surface area contributed by atoms with Gasteiger partial charge in [-0.1, -0.05) is 0 Å². The normalized spacial score (nSPS) is 9.41. The number of nitrogens with zero attached hydrogens (tertiary/aromatic N) is 2. The highest BCUT2D eigenvalue weighted by atomic mass is 35.5. The molecule has 0 aliphatic rings. The van der Waals surface area contributed by atoms with Crippen LogP contribution in [-0.2, 0) is 11.3 Å². The van der Waals surface area contributed by atoms with Crippen molar-refractivity contribution < 1.29 is 4.74 Å². The van der Waals surface area contributed by atoms with E-state index in [1.54, 1.807) is 10.9 Å². The lowest BCUT2D eigenvalue weighted by molar-refractivity contribution is 0.323. The highest BCUT2D eigenvalue weighted by Gasteiger charge is 2.11. The van der Waals surface area contributed by atoms with E-state index < -0.39 is 0 Å². The lowest BCUT2D eigenvalue weighted by atomic mass is 10.0. The van der Waals surface area contributed by atoms with Crippen molar-refractivity contribution in [1.82, 2.24) is 9.78 Å². The second-order valence-electron chi connectivity index (χ2n) is 4.28. The van der Waals surface area contributed by atoms with Crippen molar-refractivity contribution in [2.75, 3.05) is 11.9 Å². The van der Waals surface area contributed by atoms with Crippen molar-refractivity contribution >= 4 is 36.5 Å². The quantitative estimate of drug-likeness (QED) is 0.587. The number of benzene rings is 1. The van der Waals surface area contributed by atoms with Crippen molar-refractivity contribution in [1.29, 1.82) is 5.41 Å². The van der Waals surface area contributed by atoms with Crippen molar-refractivity contribution in [3.05, 3.63) is 41.7 Å². The van der Waals surface area contributed by atoms with Gasteiger partial charge in [0.2, 0.25) is 0 Å². The molecule has 0 fully saturated rings. The Morgan fingerprint density at radius 2 is 2.14 bits per heavy atom. The van der Waals surface area contributed by atoms with Gasteiger partial charge in [-0.3, -0.25) is 5.41 Å². The van der Waals surface area contributed by atoms with Crippen LogP contribution in [0.3, 0.4) is 0 Å². The summed E-state index contributed by atoms with van der Waals surface area (Å²) in [5.41, 5.74) is 9.61. The Morgan fingerprint density at radius 3 is 2.68 bits per heavy atom. The predicted molar refractivity (Wildman–Crippen MR) is 93.7 cm³/mol. The average molecular weight is 346 g/mol. The molecule has 0 bridgehead atoms. The summed E-state index contributed by atoms with van der Waals surface area (Å²) in [7, 11) is 0. The van der Waals surface area contributed by atoms with Gasteiger partial charge < -0.3 is 15.8 Å². The second-order valence-corrected chi connectivity index (χ2v) is 4.28. The average Bonchev–Trinajstić information content (AvgIpc) is 2.95. The third-order valence-electron chi connectivity index (χ3n) is 3.07. The van der Waals surface area contributed by atoms with Crippen LogP contribution in [0.15, 0.2) is 30.6 Å². The molecule has 4 N–H and O–H groups in total. The van der Waals surface area contributed by atoms with Crippen LogP contribution in [0.2, 0.25) is 0 Å². The van der Waals surface area contributed by atoms with Crippen molar-refractivity contribution in [3.8, 4) is 5.69 Å². The van der Waals surface area contributed by atoms with Crippen LogP contribution in [0.4, 0.5) is 5.69 Å². The molecule has 22 heavy (non-hydrogen) atoms. The van der Waals surface area contributed by atoms with E-state index in [1.807, 2.05) is 38.2 Å². The molecule has 0 amide bonds. The Morgan fingerprint density at radius 1 is 1.41 bits per heavy atom. The maximum Gasteiger partial charge on any atom is 0.286 e. The first-order valence-corrected chi connectivity index (χ1v) is 6.48. The smallest absolute Gasteiger partial charge is 0.286 e. The molecule has 0 aliphatic heterocycles. The molecule has 6 nitrogen and oxygen atoms in total. The number of nitrogens with one attached hydrogen (secondary N) is 2. The molecule has 122 valence electrons. The minimum Gasteiger partial charge on any atom is -0.466 e. The summed E-state index contributed by atoms with van der Waals surface area (Å²) in [6, 6.07) is 5.74. The summed E-state index contributed by atoms with van der Waals surface area (Å²) in [6.07, 6.45) is 3.61. The van der Waals surface area contributed by atoms with Crippen LogP contribution < -0.4 is 11.1 Å². The van der Waals surface area contributed by atoms with Crippen LogP contribution >= 0.6 is 24.8 Å². The van der Waals surface area contributed by atoms with E-state index in [0.29, 0.717) is 13.2 Å².